The molecule has 1 atom stereocenters. The maximum Gasteiger partial charge on any atom is 0.0583 e. The van der Waals surface area contributed by atoms with Gasteiger partial charge in [-0.05, 0) is 42.9 Å². The van der Waals surface area contributed by atoms with Crippen molar-refractivity contribution in [3.8, 4) is 0 Å². The molecule has 1 aromatic carbocycles. The molecule has 1 aliphatic carbocycles. The minimum atomic E-state index is -0.112. The minimum absolute atomic E-state index is 0.112. The number of hydrogen-bond acceptors (Lipinski definition) is 1. The fourth-order valence-electron chi connectivity index (χ4n) is 1.95. The van der Waals surface area contributed by atoms with E-state index in [2.05, 4.69) is 25.1 Å². The average molecular weight is 162 g/mol. The molecule has 0 radical (unpaired) electrons. The molecular weight excluding hydrogens is 148 g/mol. The first kappa shape index (κ1) is 7.81. The zero-order chi connectivity index (χ0) is 8.55. The van der Waals surface area contributed by atoms with E-state index in [1.54, 1.807) is 0 Å². The summed E-state index contributed by atoms with van der Waals surface area (Å²) in [5.74, 6) is 0. The SMILES string of the molecule is Cc1cccc2c1CC(O)CC2. The Morgan fingerprint density at radius 2 is 2.25 bits per heavy atom. The summed E-state index contributed by atoms with van der Waals surface area (Å²) in [5.41, 5.74) is 4.13. The van der Waals surface area contributed by atoms with E-state index >= 15 is 0 Å². The van der Waals surface area contributed by atoms with Crippen LogP contribution in [0.5, 0.6) is 0 Å². The Labute approximate surface area is 73.0 Å². The quantitative estimate of drug-likeness (QED) is 0.617. The average Bonchev–Trinajstić information content (AvgIpc) is 2.07. The van der Waals surface area contributed by atoms with Crippen molar-refractivity contribution in [2.24, 2.45) is 0 Å². The van der Waals surface area contributed by atoms with Crippen molar-refractivity contribution in [3.05, 3.63) is 34.9 Å². The van der Waals surface area contributed by atoms with Gasteiger partial charge in [0.25, 0.3) is 0 Å². The molecule has 0 amide bonds. The zero-order valence-electron chi connectivity index (χ0n) is 7.38. The molecule has 0 fully saturated rings. The van der Waals surface area contributed by atoms with Gasteiger partial charge in [-0.1, -0.05) is 18.2 Å². The fourth-order valence-corrected chi connectivity index (χ4v) is 1.95. The lowest BCUT2D eigenvalue weighted by Gasteiger charge is -2.21. The first-order valence-electron chi connectivity index (χ1n) is 4.53. The molecule has 0 bridgehead atoms. The van der Waals surface area contributed by atoms with Crippen LogP contribution in [-0.4, -0.2) is 11.2 Å². The molecule has 0 aromatic heterocycles. The van der Waals surface area contributed by atoms with Crippen LogP contribution >= 0.6 is 0 Å². The third kappa shape index (κ3) is 1.25. The number of fused-ring (bicyclic) bond motifs is 1. The van der Waals surface area contributed by atoms with E-state index in [0.29, 0.717) is 0 Å². The molecule has 0 saturated heterocycles. The van der Waals surface area contributed by atoms with E-state index in [-0.39, 0.29) is 6.10 Å². The van der Waals surface area contributed by atoms with Crippen LogP contribution in [0.3, 0.4) is 0 Å². The summed E-state index contributed by atoms with van der Waals surface area (Å²) >= 11 is 0. The highest BCUT2D eigenvalue weighted by molar-refractivity contribution is 5.36. The molecule has 1 nitrogen and oxygen atoms in total. The van der Waals surface area contributed by atoms with Crippen LogP contribution in [0, 0.1) is 6.92 Å². The standard InChI is InChI=1S/C11H14O/c1-8-3-2-4-9-5-6-10(12)7-11(8)9/h2-4,10,12H,5-7H2,1H3. The fraction of sp³-hybridized carbons (Fsp3) is 0.455. The van der Waals surface area contributed by atoms with Gasteiger partial charge >= 0.3 is 0 Å². The van der Waals surface area contributed by atoms with Gasteiger partial charge in [-0.25, -0.2) is 0 Å². The Hall–Kier alpha value is -0.820. The van der Waals surface area contributed by atoms with Gasteiger partial charge in [0.15, 0.2) is 0 Å². The molecule has 0 saturated carbocycles. The van der Waals surface area contributed by atoms with Crippen molar-refractivity contribution in [1.29, 1.82) is 0 Å². The normalized spacial score (nSPS) is 22.0. The summed E-state index contributed by atoms with van der Waals surface area (Å²) in [4.78, 5) is 0. The Balaban J connectivity index is 2.43. The monoisotopic (exact) mass is 162 g/mol. The summed E-state index contributed by atoms with van der Waals surface area (Å²) in [6.45, 7) is 2.12. The van der Waals surface area contributed by atoms with Gasteiger partial charge < -0.3 is 5.11 Å². The molecule has 1 heteroatoms. The lowest BCUT2D eigenvalue weighted by atomic mass is 9.87. The van der Waals surface area contributed by atoms with Gasteiger partial charge in [-0.2, -0.15) is 0 Å². The molecule has 1 N–H and O–H groups in total. The number of aliphatic hydroxyl groups is 1. The van der Waals surface area contributed by atoms with E-state index in [4.69, 9.17) is 0 Å². The van der Waals surface area contributed by atoms with Crippen molar-refractivity contribution in [2.75, 3.05) is 0 Å². The van der Waals surface area contributed by atoms with E-state index < -0.39 is 0 Å². The molecule has 12 heavy (non-hydrogen) atoms. The summed E-state index contributed by atoms with van der Waals surface area (Å²) in [7, 11) is 0. The zero-order valence-corrected chi connectivity index (χ0v) is 7.38. The predicted octanol–water partition coefficient (Wildman–Crippen LogP) is 1.84. The third-order valence-electron chi connectivity index (χ3n) is 2.69. The minimum Gasteiger partial charge on any atom is -0.393 e. The second-order valence-corrected chi connectivity index (χ2v) is 3.61. The van der Waals surface area contributed by atoms with E-state index in [0.717, 1.165) is 19.3 Å². The van der Waals surface area contributed by atoms with Crippen LogP contribution in [0.2, 0.25) is 0 Å². The molecule has 0 heterocycles. The van der Waals surface area contributed by atoms with Crippen molar-refractivity contribution in [1.82, 2.24) is 0 Å². The Morgan fingerprint density at radius 3 is 3.08 bits per heavy atom. The molecule has 1 aromatic rings. The lowest BCUT2D eigenvalue weighted by Crippen LogP contribution is -2.19. The molecule has 1 unspecified atom stereocenters. The molecule has 2 rings (SSSR count). The second-order valence-electron chi connectivity index (χ2n) is 3.61. The molecular formula is C11H14O. The van der Waals surface area contributed by atoms with E-state index in [9.17, 15) is 5.11 Å². The Kier molecular flexibility index (Phi) is 1.89. The van der Waals surface area contributed by atoms with Crippen molar-refractivity contribution < 1.29 is 5.11 Å². The lowest BCUT2D eigenvalue weighted by molar-refractivity contribution is 0.158. The Morgan fingerprint density at radius 1 is 1.42 bits per heavy atom. The van der Waals surface area contributed by atoms with Gasteiger partial charge in [-0.15, -0.1) is 0 Å². The Bertz CT molecular complexity index is 291. The van der Waals surface area contributed by atoms with Crippen LogP contribution in [0.25, 0.3) is 0 Å². The highest BCUT2D eigenvalue weighted by atomic mass is 16.3. The first-order chi connectivity index (χ1) is 5.77. The van der Waals surface area contributed by atoms with Gasteiger partial charge in [-0.3, -0.25) is 0 Å². The largest absolute Gasteiger partial charge is 0.393 e. The van der Waals surface area contributed by atoms with Crippen LogP contribution in [0.1, 0.15) is 23.1 Å². The number of rotatable bonds is 0. The van der Waals surface area contributed by atoms with E-state index in [1.807, 2.05) is 0 Å². The molecule has 0 spiro atoms. The number of hydrogen-bond donors (Lipinski definition) is 1. The van der Waals surface area contributed by atoms with Crippen LogP contribution in [-0.2, 0) is 12.8 Å². The van der Waals surface area contributed by atoms with Crippen LogP contribution in [0.15, 0.2) is 18.2 Å². The van der Waals surface area contributed by atoms with Gasteiger partial charge in [0.05, 0.1) is 6.10 Å². The van der Waals surface area contributed by atoms with Gasteiger partial charge in [0.2, 0.25) is 0 Å². The van der Waals surface area contributed by atoms with Gasteiger partial charge in [0.1, 0.15) is 0 Å². The van der Waals surface area contributed by atoms with Crippen LogP contribution in [0.4, 0.5) is 0 Å². The van der Waals surface area contributed by atoms with Crippen molar-refractivity contribution >= 4 is 0 Å². The highest BCUT2D eigenvalue weighted by Crippen LogP contribution is 2.23. The summed E-state index contributed by atoms with van der Waals surface area (Å²) in [6, 6.07) is 6.40. The van der Waals surface area contributed by atoms with Crippen LogP contribution < -0.4 is 0 Å². The number of benzene rings is 1. The first-order valence-corrected chi connectivity index (χ1v) is 4.53. The molecule has 0 aliphatic heterocycles. The third-order valence-corrected chi connectivity index (χ3v) is 2.69. The van der Waals surface area contributed by atoms with Crippen molar-refractivity contribution in [3.63, 3.8) is 0 Å². The maximum atomic E-state index is 9.48. The molecule has 1 aliphatic rings. The summed E-state index contributed by atoms with van der Waals surface area (Å²) in [5, 5.41) is 9.48. The van der Waals surface area contributed by atoms with Gasteiger partial charge in [0, 0.05) is 0 Å². The number of aryl methyl sites for hydroxylation is 2. The second kappa shape index (κ2) is 2.91. The number of aliphatic hydroxyl groups excluding tert-OH is 1. The highest BCUT2D eigenvalue weighted by Gasteiger charge is 2.16. The summed E-state index contributed by atoms with van der Waals surface area (Å²) < 4.78 is 0. The van der Waals surface area contributed by atoms with Crippen molar-refractivity contribution in [2.45, 2.75) is 32.3 Å². The topological polar surface area (TPSA) is 20.2 Å². The predicted molar refractivity (Wildman–Crippen MR) is 49.2 cm³/mol. The summed E-state index contributed by atoms with van der Waals surface area (Å²) in [6.07, 6.45) is 2.70. The smallest absolute Gasteiger partial charge is 0.0583 e. The molecule has 64 valence electrons. The van der Waals surface area contributed by atoms with E-state index in [1.165, 1.54) is 16.7 Å². The maximum absolute atomic E-state index is 9.48.